The molecule has 3 heteroatoms. The number of methoxy groups -OCH3 is 1. The van der Waals surface area contributed by atoms with Crippen LogP contribution in [-0.2, 0) is 16.8 Å². The van der Waals surface area contributed by atoms with E-state index in [1.807, 2.05) is 0 Å². The van der Waals surface area contributed by atoms with E-state index in [2.05, 4.69) is 60.8 Å². The summed E-state index contributed by atoms with van der Waals surface area (Å²) in [6.07, 6.45) is 3.30. The van der Waals surface area contributed by atoms with Gasteiger partial charge < -0.3 is 15.8 Å². The summed E-state index contributed by atoms with van der Waals surface area (Å²) >= 11 is 0. The molecule has 0 aromatic heterocycles. The number of benzene rings is 2. The average Bonchev–Trinajstić information content (AvgIpc) is 2.68. The van der Waals surface area contributed by atoms with Crippen LogP contribution < -0.4 is 11.1 Å². The molecular formula is C23H32N2O. The molecule has 0 spiro atoms. The summed E-state index contributed by atoms with van der Waals surface area (Å²) in [6.45, 7) is 5.63. The lowest BCUT2D eigenvalue weighted by atomic mass is 9.60. The Morgan fingerprint density at radius 2 is 1.92 bits per heavy atom. The van der Waals surface area contributed by atoms with Gasteiger partial charge >= 0.3 is 0 Å². The van der Waals surface area contributed by atoms with Crippen molar-refractivity contribution in [2.24, 2.45) is 11.7 Å². The van der Waals surface area contributed by atoms with Crippen molar-refractivity contribution in [3.63, 3.8) is 0 Å². The van der Waals surface area contributed by atoms with Gasteiger partial charge in [-0.3, -0.25) is 0 Å². The first-order valence-electron chi connectivity index (χ1n) is 9.77. The molecule has 26 heavy (non-hydrogen) atoms. The Morgan fingerprint density at radius 3 is 2.65 bits per heavy atom. The fourth-order valence-corrected chi connectivity index (χ4v) is 4.63. The number of piperidine rings is 1. The highest BCUT2D eigenvalue weighted by Crippen LogP contribution is 2.47. The lowest BCUT2D eigenvalue weighted by Gasteiger charge is -2.47. The van der Waals surface area contributed by atoms with Crippen LogP contribution in [-0.4, -0.2) is 26.7 Å². The maximum atomic E-state index is 5.87. The van der Waals surface area contributed by atoms with Crippen LogP contribution in [0.4, 0.5) is 0 Å². The second-order valence-electron chi connectivity index (χ2n) is 7.51. The maximum Gasteiger partial charge on any atom is 0.0716 e. The Morgan fingerprint density at radius 1 is 1.15 bits per heavy atom. The molecule has 3 N–H and O–H groups in total. The van der Waals surface area contributed by atoms with Crippen molar-refractivity contribution in [1.82, 2.24) is 5.32 Å². The van der Waals surface area contributed by atoms with Gasteiger partial charge in [0.2, 0.25) is 0 Å². The van der Waals surface area contributed by atoms with Gasteiger partial charge in [-0.25, -0.2) is 0 Å². The SMILES string of the molecule is COCc1ccccc1C1(c2ccc(C)cc2)CCNCC1CCCN. The lowest BCUT2D eigenvalue weighted by molar-refractivity contribution is 0.177. The molecule has 1 aliphatic rings. The molecule has 3 nitrogen and oxygen atoms in total. The number of aryl methyl sites for hydroxylation is 1. The summed E-state index contributed by atoms with van der Waals surface area (Å²) < 4.78 is 5.54. The van der Waals surface area contributed by atoms with E-state index in [4.69, 9.17) is 10.5 Å². The zero-order chi connectivity index (χ0) is 18.4. The standard InChI is InChI=1S/C23H32N2O/c1-18-9-11-20(12-10-18)23(13-15-25-16-21(23)7-5-14-24)22-8-4-3-6-19(22)17-26-2/h3-4,6,8-12,21,25H,5,7,13-17,24H2,1-2H3. The monoisotopic (exact) mass is 352 g/mol. The van der Waals surface area contributed by atoms with E-state index in [-0.39, 0.29) is 5.41 Å². The van der Waals surface area contributed by atoms with Crippen molar-refractivity contribution >= 4 is 0 Å². The predicted molar refractivity (Wildman–Crippen MR) is 108 cm³/mol. The van der Waals surface area contributed by atoms with E-state index < -0.39 is 0 Å². The lowest BCUT2D eigenvalue weighted by Crippen LogP contribution is -2.49. The number of hydrogen-bond acceptors (Lipinski definition) is 3. The Hall–Kier alpha value is -1.68. The molecule has 2 aromatic carbocycles. The zero-order valence-corrected chi connectivity index (χ0v) is 16.1. The Balaban J connectivity index is 2.16. The Kier molecular flexibility index (Phi) is 6.47. The van der Waals surface area contributed by atoms with E-state index in [0.717, 1.165) is 38.9 Å². The maximum absolute atomic E-state index is 5.87. The molecule has 2 atom stereocenters. The first kappa shape index (κ1) is 19.1. The average molecular weight is 353 g/mol. The smallest absolute Gasteiger partial charge is 0.0716 e. The van der Waals surface area contributed by atoms with E-state index >= 15 is 0 Å². The molecule has 3 rings (SSSR count). The van der Waals surface area contributed by atoms with E-state index in [0.29, 0.717) is 12.5 Å². The molecule has 0 amide bonds. The normalized spacial score (nSPS) is 23.1. The van der Waals surface area contributed by atoms with E-state index in [1.54, 1.807) is 7.11 Å². The Labute approximate surface area is 158 Å². The molecule has 0 aliphatic carbocycles. The van der Waals surface area contributed by atoms with Crippen LogP contribution in [0.3, 0.4) is 0 Å². The summed E-state index contributed by atoms with van der Waals surface area (Å²) in [4.78, 5) is 0. The molecule has 2 aromatic rings. The third-order valence-corrected chi connectivity index (χ3v) is 5.91. The second kappa shape index (κ2) is 8.81. The van der Waals surface area contributed by atoms with Gasteiger partial charge in [0.15, 0.2) is 0 Å². The molecule has 2 unspecified atom stereocenters. The number of ether oxygens (including phenoxy) is 1. The van der Waals surface area contributed by atoms with Gasteiger partial charge in [-0.2, -0.15) is 0 Å². The van der Waals surface area contributed by atoms with Crippen LogP contribution in [0.25, 0.3) is 0 Å². The molecule has 1 fully saturated rings. The van der Waals surface area contributed by atoms with Crippen LogP contribution >= 0.6 is 0 Å². The van der Waals surface area contributed by atoms with Gasteiger partial charge in [-0.15, -0.1) is 0 Å². The first-order valence-corrected chi connectivity index (χ1v) is 9.77. The number of nitrogens with one attached hydrogen (secondary N) is 1. The van der Waals surface area contributed by atoms with Crippen LogP contribution in [0.2, 0.25) is 0 Å². The van der Waals surface area contributed by atoms with Crippen molar-refractivity contribution in [3.8, 4) is 0 Å². The fraction of sp³-hybridized carbons (Fsp3) is 0.478. The highest BCUT2D eigenvalue weighted by atomic mass is 16.5. The van der Waals surface area contributed by atoms with E-state index in [9.17, 15) is 0 Å². The molecular weight excluding hydrogens is 320 g/mol. The molecule has 1 heterocycles. The number of rotatable bonds is 7. The van der Waals surface area contributed by atoms with Crippen molar-refractivity contribution in [3.05, 3.63) is 70.8 Å². The van der Waals surface area contributed by atoms with Crippen molar-refractivity contribution in [2.45, 2.75) is 38.2 Å². The van der Waals surface area contributed by atoms with Gasteiger partial charge in [0.25, 0.3) is 0 Å². The third-order valence-electron chi connectivity index (χ3n) is 5.91. The minimum atomic E-state index is 0.0171. The number of hydrogen-bond donors (Lipinski definition) is 2. The summed E-state index contributed by atoms with van der Waals surface area (Å²) in [5.41, 5.74) is 11.3. The molecule has 0 saturated carbocycles. The molecule has 0 radical (unpaired) electrons. The summed E-state index contributed by atoms with van der Waals surface area (Å²) in [5.74, 6) is 0.528. The molecule has 1 saturated heterocycles. The highest BCUT2D eigenvalue weighted by molar-refractivity contribution is 5.46. The summed E-state index contributed by atoms with van der Waals surface area (Å²) in [5, 5.41) is 3.63. The van der Waals surface area contributed by atoms with Gasteiger partial charge in [0.05, 0.1) is 6.61 Å². The van der Waals surface area contributed by atoms with Crippen molar-refractivity contribution in [2.75, 3.05) is 26.7 Å². The van der Waals surface area contributed by atoms with Gasteiger partial charge in [-0.05, 0) is 68.4 Å². The largest absolute Gasteiger partial charge is 0.380 e. The van der Waals surface area contributed by atoms with Gasteiger partial charge in [0, 0.05) is 12.5 Å². The van der Waals surface area contributed by atoms with Crippen LogP contribution in [0.5, 0.6) is 0 Å². The minimum Gasteiger partial charge on any atom is -0.380 e. The Bertz CT molecular complexity index is 698. The van der Waals surface area contributed by atoms with Crippen molar-refractivity contribution in [1.29, 1.82) is 0 Å². The van der Waals surface area contributed by atoms with Gasteiger partial charge in [-0.1, -0.05) is 54.1 Å². The highest BCUT2D eigenvalue weighted by Gasteiger charge is 2.44. The predicted octanol–water partition coefficient (Wildman–Crippen LogP) is 3.78. The quantitative estimate of drug-likeness (QED) is 0.797. The molecule has 0 bridgehead atoms. The molecule has 140 valence electrons. The topological polar surface area (TPSA) is 47.3 Å². The van der Waals surface area contributed by atoms with E-state index in [1.165, 1.54) is 22.3 Å². The number of nitrogens with two attached hydrogens (primary N) is 1. The second-order valence-corrected chi connectivity index (χ2v) is 7.51. The zero-order valence-electron chi connectivity index (χ0n) is 16.1. The molecule has 1 aliphatic heterocycles. The fourth-order valence-electron chi connectivity index (χ4n) is 4.63. The summed E-state index contributed by atoms with van der Waals surface area (Å²) in [7, 11) is 1.78. The minimum absolute atomic E-state index is 0.0171. The van der Waals surface area contributed by atoms with Crippen molar-refractivity contribution < 1.29 is 4.74 Å². The van der Waals surface area contributed by atoms with Crippen LogP contribution in [0, 0.1) is 12.8 Å². The third kappa shape index (κ3) is 3.71. The van der Waals surface area contributed by atoms with Crippen LogP contribution in [0.15, 0.2) is 48.5 Å². The van der Waals surface area contributed by atoms with Gasteiger partial charge in [0.1, 0.15) is 0 Å². The van der Waals surface area contributed by atoms with Crippen LogP contribution in [0.1, 0.15) is 41.5 Å². The summed E-state index contributed by atoms with van der Waals surface area (Å²) in [6, 6.07) is 18.0. The first-order chi connectivity index (χ1) is 12.7.